The van der Waals surface area contributed by atoms with Gasteiger partial charge < -0.3 is 4.74 Å². The van der Waals surface area contributed by atoms with Crippen LogP contribution in [0.3, 0.4) is 0 Å². The third-order valence-corrected chi connectivity index (χ3v) is 6.57. The Bertz CT molecular complexity index is 1090. The standard InChI is InChI=1S/C22H26ClN6O3/c1-15-13-28-18-19(24-21(28)27(15)8-7-26-9-11-32-12-10-26)25(2)22(31)29(20(18)30)14-16-3-5-17(23)6-4-16/h3-6,13,18H,7-12,14H2,1-2H3/q+1. The lowest BCUT2D eigenvalue weighted by Gasteiger charge is -2.33. The van der Waals surface area contributed by atoms with E-state index in [0.29, 0.717) is 16.8 Å². The zero-order chi connectivity index (χ0) is 22.4. The summed E-state index contributed by atoms with van der Waals surface area (Å²) < 4.78 is 9.44. The number of imide groups is 1. The highest BCUT2D eigenvalue weighted by atomic mass is 35.5. The number of nitrogens with zero attached hydrogens (tertiary/aromatic N) is 6. The van der Waals surface area contributed by atoms with Crippen molar-refractivity contribution in [3.8, 4) is 0 Å². The molecule has 5 rings (SSSR count). The van der Waals surface area contributed by atoms with Gasteiger partial charge in [0.15, 0.2) is 0 Å². The molecule has 1 aromatic carbocycles. The van der Waals surface area contributed by atoms with Gasteiger partial charge in [0.2, 0.25) is 11.9 Å². The molecule has 3 aliphatic rings. The monoisotopic (exact) mass is 457 g/mol. The lowest BCUT2D eigenvalue weighted by Crippen LogP contribution is -2.62. The lowest BCUT2D eigenvalue weighted by molar-refractivity contribution is -0.677. The fourth-order valence-electron chi connectivity index (χ4n) is 4.49. The molecule has 2 saturated heterocycles. The summed E-state index contributed by atoms with van der Waals surface area (Å²) in [4.78, 5) is 36.3. The average Bonchev–Trinajstić information content (AvgIpc) is 3.30. The van der Waals surface area contributed by atoms with E-state index >= 15 is 0 Å². The first-order chi connectivity index (χ1) is 15.4. The molecule has 1 atom stereocenters. The van der Waals surface area contributed by atoms with Gasteiger partial charge in [-0.1, -0.05) is 28.7 Å². The molecule has 0 saturated carbocycles. The first-order valence-corrected chi connectivity index (χ1v) is 11.2. The second-order valence-corrected chi connectivity index (χ2v) is 8.78. The quantitative estimate of drug-likeness (QED) is 0.641. The summed E-state index contributed by atoms with van der Waals surface area (Å²) >= 11 is 5.97. The molecule has 3 amide bonds. The summed E-state index contributed by atoms with van der Waals surface area (Å²) in [5.41, 5.74) is 1.88. The van der Waals surface area contributed by atoms with Crippen LogP contribution in [0.4, 0.5) is 10.7 Å². The van der Waals surface area contributed by atoms with Crippen molar-refractivity contribution in [2.75, 3.05) is 39.9 Å². The topological polar surface area (TPSA) is 74.3 Å². The molecular formula is C22H26ClN6O3+. The van der Waals surface area contributed by atoms with Crippen LogP contribution in [-0.4, -0.2) is 76.9 Å². The molecule has 2 fully saturated rings. The largest absolute Gasteiger partial charge is 0.401 e. The van der Waals surface area contributed by atoms with Crippen LogP contribution < -0.4 is 4.57 Å². The minimum atomic E-state index is -0.636. The van der Waals surface area contributed by atoms with Crippen molar-refractivity contribution in [2.45, 2.75) is 26.1 Å². The van der Waals surface area contributed by atoms with Crippen molar-refractivity contribution in [1.82, 2.24) is 19.3 Å². The maximum Gasteiger partial charge on any atom is 0.401 e. The Balaban J connectivity index is 1.41. The van der Waals surface area contributed by atoms with Crippen molar-refractivity contribution < 1.29 is 18.9 Å². The highest BCUT2D eigenvalue weighted by Crippen LogP contribution is 2.30. The first kappa shape index (κ1) is 21.1. The summed E-state index contributed by atoms with van der Waals surface area (Å²) in [5.74, 6) is 0.912. The van der Waals surface area contributed by atoms with Crippen LogP contribution in [0.25, 0.3) is 0 Å². The van der Waals surface area contributed by atoms with Crippen molar-refractivity contribution in [3.63, 3.8) is 0 Å². The summed E-state index contributed by atoms with van der Waals surface area (Å²) in [7, 11) is 1.67. The summed E-state index contributed by atoms with van der Waals surface area (Å²) in [6.45, 7) is 7.21. The number of hydrogen-bond donors (Lipinski definition) is 0. The summed E-state index contributed by atoms with van der Waals surface area (Å²) in [5, 5.41) is 0.612. The molecule has 0 spiro atoms. The first-order valence-electron chi connectivity index (χ1n) is 10.8. The SMILES string of the molecule is Cc1c[n+]2c(n1CCN1CCOCC1)N=C1C2C(=O)N(Cc2ccc(Cl)cc2)C(=O)N1C. The Morgan fingerprint density at radius 2 is 1.88 bits per heavy atom. The number of fused-ring (bicyclic) bond motifs is 3. The van der Waals surface area contributed by atoms with Crippen LogP contribution in [-0.2, 0) is 22.6 Å². The molecule has 0 N–H and O–H groups in total. The van der Waals surface area contributed by atoms with Crippen molar-refractivity contribution in [2.24, 2.45) is 4.99 Å². The third-order valence-electron chi connectivity index (χ3n) is 6.32. The van der Waals surface area contributed by atoms with Crippen LogP contribution in [0.1, 0.15) is 17.3 Å². The number of benzene rings is 1. The summed E-state index contributed by atoms with van der Waals surface area (Å²) in [6.07, 6.45) is 1.96. The number of carbonyl (C=O) groups excluding carboxylic acids is 2. The van der Waals surface area contributed by atoms with E-state index in [-0.39, 0.29) is 18.5 Å². The Morgan fingerprint density at radius 1 is 1.16 bits per heavy atom. The second-order valence-electron chi connectivity index (χ2n) is 8.35. The Morgan fingerprint density at radius 3 is 2.59 bits per heavy atom. The molecular weight excluding hydrogens is 432 g/mol. The second kappa shape index (κ2) is 8.31. The van der Waals surface area contributed by atoms with Crippen molar-refractivity contribution >= 4 is 35.3 Å². The fraction of sp³-hybridized carbons (Fsp3) is 0.455. The lowest BCUT2D eigenvalue weighted by atomic mass is 10.1. The summed E-state index contributed by atoms with van der Waals surface area (Å²) in [6, 6.07) is 6.16. The molecule has 3 aliphatic heterocycles. The molecule has 4 heterocycles. The van der Waals surface area contributed by atoms with Gasteiger partial charge in [0.05, 0.1) is 26.3 Å². The van der Waals surface area contributed by atoms with E-state index in [1.54, 1.807) is 19.2 Å². The van der Waals surface area contributed by atoms with Gasteiger partial charge in [0.25, 0.3) is 5.91 Å². The number of imidazole rings is 1. The number of likely N-dealkylation sites (N-methyl/N-ethyl adjacent to an activating group) is 1. The maximum absolute atomic E-state index is 13.4. The van der Waals surface area contributed by atoms with E-state index in [0.717, 1.165) is 50.7 Å². The molecule has 168 valence electrons. The van der Waals surface area contributed by atoms with E-state index in [2.05, 4.69) is 9.47 Å². The predicted molar refractivity (Wildman–Crippen MR) is 118 cm³/mol. The van der Waals surface area contributed by atoms with Gasteiger partial charge in [-0.15, -0.1) is 0 Å². The number of hydrogen-bond acceptors (Lipinski definition) is 5. The number of ether oxygens (including phenoxy) is 1. The number of aromatic nitrogens is 2. The van der Waals surface area contributed by atoms with Crippen molar-refractivity contribution in [1.29, 1.82) is 0 Å². The molecule has 2 aromatic rings. The number of halogens is 1. The fourth-order valence-corrected chi connectivity index (χ4v) is 4.62. The Labute approximate surface area is 191 Å². The van der Waals surface area contributed by atoms with Gasteiger partial charge in [0.1, 0.15) is 11.9 Å². The van der Waals surface area contributed by atoms with E-state index in [4.69, 9.17) is 21.3 Å². The minimum Gasteiger partial charge on any atom is -0.379 e. The number of morpholine rings is 1. The number of urea groups is 1. The number of rotatable bonds is 5. The molecule has 1 aromatic heterocycles. The number of amides is 3. The van der Waals surface area contributed by atoms with Crippen molar-refractivity contribution in [3.05, 3.63) is 46.7 Å². The average molecular weight is 458 g/mol. The van der Waals surface area contributed by atoms with Crippen LogP contribution in [0.5, 0.6) is 0 Å². The van der Waals surface area contributed by atoms with Crippen LogP contribution >= 0.6 is 11.6 Å². The van der Waals surface area contributed by atoms with E-state index in [9.17, 15) is 9.59 Å². The van der Waals surface area contributed by atoms with Gasteiger partial charge in [-0.05, 0) is 24.6 Å². The van der Waals surface area contributed by atoms with Crippen LogP contribution in [0.15, 0.2) is 35.5 Å². The van der Waals surface area contributed by atoms with Gasteiger partial charge in [-0.2, -0.15) is 0 Å². The van der Waals surface area contributed by atoms with Gasteiger partial charge >= 0.3 is 12.0 Å². The van der Waals surface area contributed by atoms with Gasteiger partial charge in [-0.3, -0.25) is 19.5 Å². The third kappa shape index (κ3) is 3.60. The number of amidine groups is 1. The zero-order valence-electron chi connectivity index (χ0n) is 18.2. The molecule has 9 nitrogen and oxygen atoms in total. The molecule has 32 heavy (non-hydrogen) atoms. The maximum atomic E-state index is 13.4. The normalized spacial score (nSPS) is 21.1. The minimum absolute atomic E-state index is 0.190. The predicted octanol–water partition coefficient (Wildman–Crippen LogP) is 1.75. The number of aryl methyl sites for hydroxylation is 1. The highest BCUT2D eigenvalue weighted by molar-refractivity contribution is 6.30. The van der Waals surface area contributed by atoms with Gasteiger partial charge in [0, 0.05) is 31.7 Å². The molecule has 1 unspecified atom stereocenters. The Hall–Kier alpha value is -2.75. The van der Waals surface area contributed by atoms with Crippen LogP contribution in [0.2, 0.25) is 5.02 Å². The highest BCUT2D eigenvalue weighted by Gasteiger charge is 2.53. The number of carbonyl (C=O) groups is 2. The van der Waals surface area contributed by atoms with Gasteiger partial charge in [-0.25, -0.2) is 13.9 Å². The Kier molecular flexibility index (Phi) is 5.48. The molecule has 0 bridgehead atoms. The smallest absolute Gasteiger partial charge is 0.379 e. The van der Waals surface area contributed by atoms with E-state index in [1.807, 2.05) is 29.8 Å². The zero-order valence-corrected chi connectivity index (χ0v) is 19.0. The van der Waals surface area contributed by atoms with E-state index in [1.165, 1.54) is 9.80 Å². The molecule has 0 aliphatic carbocycles. The molecule has 10 heteroatoms. The van der Waals surface area contributed by atoms with Crippen LogP contribution in [0, 0.1) is 6.92 Å². The van der Waals surface area contributed by atoms with E-state index < -0.39 is 6.04 Å². The molecule has 0 radical (unpaired) electrons. The number of aliphatic imine (C=N–C) groups is 1.